The van der Waals surface area contributed by atoms with E-state index in [-0.39, 0.29) is 15.8 Å². The maximum absolute atomic E-state index is 12.1. The third kappa shape index (κ3) is 3.84. The molecule has 0 aliphatic heterocycles. The summed E-state index contributed by atoms with van der Waals surface area (Å²) >= 11 is 19.0. The van der Waals surface area contributed by atoms with Gasteiger partial charge in [0.05, 0.1) is 20.6 Å². The number of nitrogens with one attached hydrogen (secondary N) is 1. The van der Waals surface area contributed by atoms with E-state index in [9.17, 15) is 4.79 Å². The van der Waals surface area contributed by atoms with Crippen LogP contribution in [0.15, 0.2) is 23.6 Å². The van der Waals surface area contributed by atoms with Crippen LogP contribution in [-0.2, 0) is 4.79 Å². The van der Waals surface area contributed by atoms with E-state index in [2.05, 4.69) is 5.32 Å². The third-order valence-corrected chi connectivity index (χ3v) is 4.52. The zero-order valence-corrected chi connectivity index (χ0v) is 14.3. The summed E-state index contributed by atoms with van der Waals surface area (Å²) in [5, 5.41) is 14.6. The molecule has 0 spiro atoms. The molecule has 0 aliphatic carbocycles. The lowest BCUT2D eigenvalue weighted by atomic mass is 10.3. The van der Waals surface area contributed by atoms with Crippen molar-refractivity contribution in [2.24, 2.45) is 0 Å². The minimum absolute atomic E-state index is 0.253. The van der Waals surface area contributed by atoms with Crippen molar-refractivity contribution in [3.8, 4) is 11.8 Å². The number of rotatable bonds is 4. The molecule has 8 heteroatoms. The Hall–Kier alpha value is -1.45. The summed E-state index contributed by atoms with van der Waals surface area (Å²) in [6.07, 6.45) is -0.830. The van der Waals surface area contributed by atoms with Gasteiger partial charge in [0.15, 0.2) is 6.10 Å². The van der Waals surface area contributed by atoms with Crippen molar-refractivity contribution in [2.45, 2.75) is 13.0 Å². The fourth-order valence-corrected chi connectivity index (χ4v) is 2.87. The molecule has 0 saturated heterocycles. The van der Waals surface area contributed by atoms with Crippen molar-refractivity contribution in [1.82, 2.24) is 0 Å². The SMILES string of the molecule is CC(Oc1cc(Cl)c(Cl)cc1Cl)C(=O)Nc1sccc1C#N. The first kappa shape index (κ1) is 16.9. The smallest absolute Gasteiger partial charge is 0.265 e. The molecule has 0 bridgehead atoms. The summed E-state index contributed by atoms with van der Waals surface area (Å²) in [6.45, 7) is 1.56. The third-order valence-electron chi connectivity index (χ3n) is 2.67. The van der Waals surface area contributed by atoms with Gasteiger partial charge >= 0.3 is 0 Å². The van der Waals surface area contributed by atoms with Crippen LogP contribution in [0.1, 0.15) is 12.5 Å². The number of carbonyl (C=O) groups excluding carboxylic acids is 1. The second kappa shape index (κ2) is 7.21. The van der Waals surface area contributed by atoms with E-state index in [1.807, 2.05) is 6.07 Å². The maximum Gasteiger partial charge on any atom is 0.265 e. The summed E-state index contributed by atoms with van der Waals surface area (Å²) in [6, 6.07) is 6.51. The molecule has 0 fully saturated rings. The van der Waals surface area contributed by atoms with Crippen molar-refractivity contribution < 1.29 is 9.53 Å². The number of benzene rings is 1. The number of thiophene rings is 1. The molecule has 1 heterocycles. The highest BCUT2D eigenvalue weighted by Crippen LogP contribution is 2.34. The van der Waals surface area contributed by atoms with E-state index in [4.69, 9.17) is 44.8 Å². The van der Waals surface area contributed by atoms with Gasteiger partial charge in [-0.1, -0.05) is 34.8 Å². The van der Waals surface area contributed by atoms with Crippen LogP contribution in [0.4, 0.5) is 5.00 Å². The molecule has 1 aromatic heterocycles. The molecule has 2 aromatic rings. The standard InChI is InChI=1S/C14H9Cl3N2O2S/c1-7(13(20)19-14-8(6-18)2-3-22-14)21-12-5-10(16)9(15)4-11(12)17/h2-5,7H,1H3,(H,19,20). The van der Waals surface area contributed by atoms with Crippen LogP contribution in [0.25, 0.3) is 0 Å². The van der Waals surface area contributed by atoms with Crippen molar-refractivity contribution >= 4 is 57.0 Å². The molecule has 114 valence electrons. The molecule has 2 rings (SSSR count). The highest BCUT2D eigenvalue weighted by molar-refractivity contribution is 7.14. The van der Waals surface area contributed by atoms with Crippen molar-refractivity contribution in [3.63, 3.8) is 0 Å². The molecule has 0 saturated carbocycles. The molecule has 0 aliphatic rings. The predicted octanol–water partition coefficient (Wildman–Crippen LogP) is 4.99. The molecule has 1 amide bonds. The molecule has 0 radical (unpaired) electrons. The quantitative estimate of drug-likeness (QED) is 0.766. The number of nitriles is 1. The molecule has 4 nitrogen and oxygen atoms in total. The molecular weight excluding hydrogens is 367 g/mol. The van der Waals surface area contributed by atoms with E-state index in [1.54, 1.807) is 18.4 Å². The minimum Gasteiger partial charge on any atom is -0.479 e. The zero-order valence-electron chi connectivity index (χ0n) is 11.2. The predicted molar refractivity (Wildman–Crippen MR) is 89.2 cm³/mol. The molecule has 1 aromatic carbocycles. The molecule has 1 N–H and O–H groups in total. The van der Waals surface area contributed by atoms with Crippen LogP contribution < -0.4 is 10.1 Å². The monoisotopic (exact) mass is 374 g/mol. The normalized spacial score (nSPS) is 11.6. The van der Waals surface area contributed by atoms with Gasteiger partial charge in [-0.05, 0) is 24.4 Å². The number of hydrogen-bond donors (Lipinski definition) is 1. The van der Waals surface area contributed by atoms with Crippen LogP contribution in [0.2, 0.25) is 15.1 Å². The lowest BCUT2D eigenvalue weighted by Gasteiger charge is -2.15. The average molecular weight is 376 g/mol. The van der Waals surface area contributed by atoms with E-state index >= 15 is 0 Å². The lowest BCUT2D eigenvalue weighted by molar-refractivity contribution is -0.122. The maximum atomic E-state index is 12.1. The van der Waals surface area contributed by atoms with Crippen LogP contribution in [-0.4, -0.2) is 12.0 Å². The first-order chi connectivity index (χ1) is 10.4. The topological polar surface area (TPSA) is 62.1 Å². The largest absolute Gasteiger partial charge is 0.479 e. The van der Waals surface area contributed by atoms with Gasteiger partial charge in [-0.3, -0.25) is 4.79 Å². The van der Waals surface area contributed by atoms with Crippen LogP contribution in [0, 0.1) is 11.3 Å². The number of ether oxygens (including phenoxy) is 1. The number of hydrogen-bond acceptors (Lipinski definition) is 4. The number of nitrogens with zero attached hydrogens (tertiary/aromatic N) is 1. The summed E-state index contributed by atoms with van der Waals surface area (Å²) in [5.41, 5.74) is 0.401. The Labute approximate surface area is 146 Å². The van der Waals surface area contributed by atoms with Crippen LogP contribution in [0.3, 0.4) is 0 Å². The van der Waals surface area contributed by atoms with E-state index in [1.165, 1.54) is 23.5 Å². The molecule has 22 heavy (non-hydrogen) atoms. The fourth-order valence-electron chi connectivity index (χ4n) is 1.55. The van der Waals surface area contributed by atoms with Crippen molar-refractivity contribution in [2.75, 3.05) is 5.32 Å². The molecule has 1 unspecified atom stereocenters. The van der Waals surface area contributed by atoms with E-state index < -0.39 is 12.0 Å². The average Bonchev–Trinajstić information content (AvgIpc) is 2.91. The Morgan fingerprint density at radius 3 is 2.68 bits per heavy atom. The summed E-state index contributed by atoms with van der Waals surface area (Å²) in [7, 11) is 0. The summed E-state index contributed by atoms with van der Waals surface area (Å²) < 4.78 is 5.50. The molecular formula is C14H9Cl3N2O2S. The fraction of sp³-hybridized carbons (Fsp3) is 0.143. The summed E-state index contributed by atoms with van der Waals surface area (Å²) in [4.78, 5) is 12.1. The Kier molecular flexibility index (Phi) is 5.54. The number of halogens is 3. The number of amides is 1. The zero-order chi connectivity index (χ0) is 16.3. The van der Waals surface area contributed by atoms with E-state index in [0.29, 0.717) is 15.6 Å². The first-order valence-electron chi connectivity index (χ1n) is 6.02. The lowest BCUT2D eigenvalue weighted by Crippen LogP contribution is -2.30. The van der Waals surface area contributed by atoms with Gasteiger partial charge in [0, 0.05) is 6.07 Å². The van der Waals surface area contributed by atoms with Crippen LogP contribution in [0.5, 0.6) is 5.75 Å². The Morgan fingerprint density at radius 2 is 2.00 bits per heavy atom. The van der Waals surface area contributed by atoms with Crippen molar-refractivity contribution in [3.05, 3.63) is 44.2 Å². The van der Waals surface area contributed by atoms with Gasteiger partial charge in [-0.25, -0.2) is 0 Å². The van der Waals surface area contributed by atoms with Gasteiger partial charge in [0.25, 0.3) is 5.91 Å². The van der Waals surface area contributed by atoms with Gasteiger partial charge in [0.1, 0.15) is 16.8 Å². The highest BCUT2D eigenvalue weighted by Gasteiger charge is 2.19. The Balaban J connectivity index is 2.09. The number of carbonyl (C=O) groups is 1. The van der Waals surface area contributed by atoms with E-state index in [0.717, 1.165) is 0 Å². The summed E-state index contributed by atoms with van der Waals surface area (Å²) in [5.74, 6) is -0.147. The highest BCUT2D eigenvalue weighted by atomic mass is 35.5. The first-order valence-corrected chi connectivity index (χ1v) is 8.03. The number of anilines is 1. The molecule has 1 atom stereocenters. The minimum atomic E-state index is -0.830. The Morgan fingerprint density at radius 1 is 1.32 bits per heavy atom. The van der Waals surface area contributed by atoms with Gasteiger partial charge in [0.2, 0.25) is 0 Å². The van der Waals surface area contributed by atoms with Crippen molar-refractivity contribution in [1.29, 1.82) is 5.26 Å². The van der Waals surface area contributed by atoms with Gasteiger partial charge in [-0.2, -0.15) is 5.26 Å². The second-order valence-corrected chi connectivity index (χ2v) is 6.36. The van der Waals surface area contributed by atoms with Crippen LogP contribution >= 0.6 is 46.1 Å². The van der Waals surface area contributed by atoms with Gasteiger partial charge < -0.3 is 10.1 Å². The van der Waals surface area contributed by atoms with Gasteiger partial charge in [-0.15, -0.1) is 11.3 Å². The second-order valence-electron chi connectivity index (χ2n) is 4.22. The Bertz CT molecular complexity index is 755.